The third-order valence-corrected chi connectivity index (χ3v) is 1.94. The Bertz CT molecular complexity index is 325. The van der Waals surface area contributed by atoms with E-state index in [0.29, 0.717) is 5.75 Å². The lowest BCUT2D eigenvalue weighted by molar-refractivity contribution is -0.124. The van der Waals surface area contributed by atoms with Crippen LogP contribution in [-0.4, -0.2) is 35.7 Å². The third kappa shape index (κ3) is 6.15. The van der Waals surface area contributed by atoms with E-state index in [4.69, 9.17) is 4.74 Å². The molecule has 0 amide bonds. The van der Waals surface area contributed by atoms with Crippen LogP contribution in [0.5, 0.6) is 5.75 Å². The van der Waals surface area contributed by atoms with Gasteiger partial charge in [0, 0.05) is 13.1 Å². The van der Waals surface area contributed by atoms with Crippen LogP contribution < -0.4 is 10.1 Å². The van der Waals surface area contributed by atoms with E-state index >= 15 is 0 Å². The summed E-state index contributed by atoms with van der Waals surface area (Å²) in [6, 6.07) is 0. The number of alkyl halides is 3. The van der Waals surface area contributed by atoms with Crippen molar-refractivity contribution in [1.29, 1.82) is 0 Å². The standard InChI is InChI=1S/C10H16F3N3O/c1-2-4-16-7-9(6-15-16)17-5-3-14-8-10(11,12)13/h6-7,14H,2-5,8H2,1H3. The Morgan fingerprint density at radius 1 is 1.47 bits per heavy atom. The van der Waals surface area contributed by atoms with E-state index in [2.05, 4.69) is 10.4 Å². The van der Waals surface area contributed by atoms with Crippen molar-refractivity contribution in [2.75, 3.05) is 19.7 Å². The molecule has 0 saturated heterocycles. The smallest absolute Gasteiger partial charge is 0.401 e. The van der Waals surface area contributed by atoms with Crippen molar-refractivity contribution >= 4 is 0 Å². The number of halogens is 3. The lowest BCUT2D eigenvalue weighted by Crippen LogP contribution is -2.31. The summed E-state index contributed by atoms with van der Waals surface area (Å²) in [6.07, 6.45) is 0.0763. The summed E-state index contributed by atoms with van der Waals surface area (Å²) in [5, 5.41) is 6.29. The van der Waals surface area contributed by atoms with Crippen molar-refractivity contribution in [1.82, 2.24) is 15.1 Å². The van der Waals surface area contributed by atoms with Gasteiger partial charge in [-0.15, -0.1) is 0 Å². The van der Waals surface area contributed by atoms with Gasteiger partial charge in [0.05, 0.1) is 18.9 Å². The number of rotatable bonds is 7. The van der Waals surface area contributed by atoms with Gasteiger partial charge in [0.1, 0.15) is 6.61 Å². The predicted octanol–water partition coefficient (Wildman–Crippen LogP) is 1.82. The van der Waals surface area contributed by atoms with Crippen molar-refractivity contribution in [2.24, 2.45) is 0 Å². The molecule has 0 atom stereocenters. The molecule has 0 unspecified atom stereocenters. The summed E-state index contributed by atoms with van der Waals surface area (Å²) in [5.74, 6) is 0.576. The maximum Gasteiger partial charge on any atom is 0.401 e. The zero-order valence-corrected chi connectivity index (χ0v) is 9.63. The summed E-state index contributed by atoms with van der Waals surface area (Å²) in [6.45, 7) is 2.18. The molecule has 0 aliphatic rings. The number of aryl methyl sites for hydroxylation is 1. The maximum absolute atomic E-state index is 11.8. The fraction of sp³-hybridized carbons (Fsp3) is 0.700. The fourth-order valence-electron chi connectivity index (χ4n) is 1.24. The van der Waals surface area contributed by atoms with Crippen molar-refractivity contribution in [2.45, 2.75) is 26.1 Å². The van der Waals surface area contributed by atoms with E-state index in [0.717, 1.165) is 13.0 Å². The Balaban J connectivity index is 2.13. The molecule has 0 spiro atoms. The van der Waals surface area contributed by atoms with Crippen molar-refractivity contribution in [3.8, 4) is 5.75 Å². The highest BCUT2D eigenvalue weighted by atomic mass is 19.4. The zero-order valence-electron chi connectivity index (χ0n) is 9.63. The molecule has 0 aliphatic carbocycles. The number of aromatic nitrogens is 2. The minimum Gasteiger partial charge on any atom is -0.489 e. The van der Waals surface area contributed by atoms with Gasteiger partial charge >= 0.3 is 6.18 Å². The molecule has 1 rings (SSSR count). The molecule has 1 aromatic rings. The molecule has 0 fully saturated rings. The van der Waals surface area contributed by atoms with Crippen LogP contribution in [0.15, 0.2) is 12.4 Å². The maximum atomic E-state index is 11.8. The van der Waals surface area contributed by atoms with Gasteiger partial charge in [0.25, 0.3) is 0 Å². The quantitative estimate of drug-likeness (QED) is 0.751. The van der Waals surface area contributed by atoms with Crippen LogP contribution in [0.4, 0.5) is 13.2 Å². The Morgan fingerprint density at radius 3 is 2.88 bits per heavy atom. The Kier molecular flexibility index (Phi) is 5.27. The van der Waals surface area contributed by atoms with Crippen LogP contribution in [0.1, 0.15) is 13.3 Å². The van der Waals surface area contributed by atoms with E-state index in [1.807, 2.05) is 6.92 Å². The number of ether oxygens (including phenoxy) is 1. The first kappa shape index (κ1) is 13.8. The van der Waals surface area contributed by atoms with Gasteiger partial charge in [-0.3, -0.25) is 4.68 Å². The van der Waals surface area contributed by atoms with Crippen LogP contribution in [0, 0.1) is 0 Å². The molecule has 1 heterocycles. The van der Waals surface area contributed by atoms with E-state index in [1.165, 1.54) is 0 Å². The normalized spacial score (nSPS) is 11.8. The van der Waals surface area contributed by atoms with Crippen LogP contribution in [0.3, 0.4) is 0 Å². The van der Waals surface area contributed by atoms with Gasteiger partial charge in [-0.2, -0.15) is 18.3 Å². The van der Waals surface area contributed by atoms with E-state index in [1.54, 1.807) is 17.1 Å². The summed E-state index contributed by atoms with van der Waals surface area (Å²) in [5.41, 5.74) is 0. The highest BCUT2D eigenvalue weighted by Gasteiger charge is 2.25. The number of nitrogens with zero attached hydrogens (tertiary/aromatic N) is 2. The summed E-state index contributed by atoms with van der Waals surface area (Å²) < 4.78 is 42.3. The number of nitrogens with one attached hydrogen (secondary N) is 1. The second-order valence-corrected chi connectivity index (χ2v) is 3.58. The third-order valence-electron chi connectivity index (χ3n) is 1.94. The molecule has 0 bridgehead atoms. The largest absolute Gasteiger partial charge is 0.489 e. The average molecular weight is 251 g/mol. The molecule has 0 aliphatic heterocycles. The first-order valence-corrected chi connectivity index (χ1v) is 5.44. The molecule has 98 valence electrons. The molecule has 0 aromatic carbocycles. The summed E-state index contributed by atoms with van der Waals surface area (Å²) >= 11 is 0. The predicted molar refractivity (Wildman–Crippen MR) is 56.9 cm³/mol. The Labute approximate surface area is 97.8 Å². The second kappa shape index (κ2) is 6.48. The minimum atomic E-state index is -4.17. The molecule has 4 nitrogen and oxygen atoms in total. The van der Waals surface area contributed by atoms with E-state index < -0.39 is 12.7 Å². The molecule has 0 radical (unpaired) electrons. The molecular weight excluding hydrogens is 235 g/mol. The van der Waals surface area contributed by atoms with Crippen molar-refractivity contribution in [3.63, 3.8) is 0 Å². The lowest BCUT2D eigenvalue weighted by atomic mass is 10.5. The van der Waals surface area contributed by atoms with Crippen molar-refractivity contribution in [3.05, 3.63) is 12.4 Å². The van der Waals surface area contributed by atoms with Gasteiger partial charge in [-0.25, -0.2) is 0 Å². The van der Waals surface area contributed by atoms with Gasteiger partial charge in [-0.05, 0) is 6.42 Å². The first-order chi connectivity index (χ1) is 8.01. The van der Waals surface area contributed by atoms with Crippen LogP contribution >= 0.6 is 0 Å². The molecule has 7 heteroatoms. The van der Waals surface area contributed by atoms with E-state index in [-0.39, 0.29) is 13.2 Å². The van der Waals surface area contributed by atoms with E-state index in [9.17, 15) is 13.2 Å². The average Bonchev–Trinajstić information content (AvgIpc) is 2.64. The first-order valence-electron chi connectivity index (χ1n) is 5.44. The van der Waals surface area contributed by atoms with Gasteiger partial charge in [-0.1, -0.05) is 6.92 Å². The van der Waals surface area contributed by atoms with Crippen LogP contribution in [0.2, 0.25) is 0 Å². The Hall–Kier alpha value is -1.24. The highest BCUT2D eigenvalue weighted by molar-refractivity contribution is 5.11. The van der Waals surface area contributed by atoms with Gasteiger partial charge < -0.3 is 10.1 Å². The summed E-state index contributed by atoms with van der Waals surface area (Å²) in [4.78, 5) is 0. The van der Waals surface area contributed by atoms with Gasteiger partial charge in [0.15, 0.2) is 5.75 Å². The zero-order chi connectivity index (χ0) is 12.7. The topological polar surface area (TPSA) is 39.1 Å². The Morgan fingerprint density at radius 2 is 2.24 bits per heavy atom. The van der Waals surface area contributed by atoms with Crippen molar-refractivity contribution < 1.29 is 17.9 Å². The van der Waals surface area contributed by atoms with Crippen LogP contribution in [0.25, 0.3) is 0 Å². The lowest BCUT2D eigenvalue weighted by Gasteiger charge is -2.08. The molecular formula is C10H16F3N3O. The number of hydrogen-bond donors (Lipinski definition) is 1. The molecule has 17 heavy (non-hydrogen) atoms. The second-order valence-electron chi connectivity index (χ2n) is 3.58. The minimum absolute atomic E-state index is 0.151. The fourth-order valence-corrected chi connectivity index (χ4v) is 1.24. The van der Waals surface area contributed by atoms with Gasteiger partial charge in [0.2, 0.25) is 0 Å². The van der Waals surface area contributed by atoms with Crippen LogP contribution in [-0.2, 0) is 6.54 Å². The SMILES string of the molecule is CCCn1cc(OCCNCC(F)(F)F)cn1. The molecule has 1 N–H and O–H groups in total. The molecule has 1 aromatic heterocycles. The monoisotopic (exact) mass is 251 g/mol. The number of hydrogen-bond acceptors (Lipinski definition) is 3. The molecule has 0 saturated carbocycles. The summed E-state index contributed by atoms with van der Waals surface area (Å²) in [7, 11) is 0. The highest BCUT2D eigenvalue weighted by Crippen LogP contribution is 2.12.